The minimum absolute atomic E-state index is 0.0213. The number of hydrogen-bond acceptors (Lipinski definition) is 3. The Bertz CT molecular complexity index is 576. The monoisotopic (exact) mass is 253 g/mol. The molecule has 2 heterocycles. The van der Waals surface area contributed by atoms with Gasteiger partial charge in [0.1, 0.15) is 5.82 Å². The Labute approximate surface area is 112 Å². The van der Waals surface area contributed by atoms with Crippen LogP contribution in [0.25, 0.3) is 0 Å². The van der Waals surface area contributed by atoms with Crippen LogP contribution in [0.5, 0.6) is 0 Å². The lowest BCUT2D eigenvalue weighted by molar-refractivity contribution is 0.0984. The van der Waals surface area contributed by atoms with Crippen molar-refractivity contribution in [2.75, 3.05) is 4.90 Å². The zero-order chi connectivity index (χ0) is 13.2. The predicted octanol–water partition coefficient (Wildman–Crippen LogP) is 2.59. The number of nitrogens with zero attached hydrogens (tertiary/aromatic N) is 3. The van der Waals surface area contributed by atoms with Crippen LogP contribution in [0.3, 0.4) is 0 Å². The van der Waals surface area contributed by atoms with E-state index in [4.69, 9.17) is 0 Å². The van der Waals surface area contributed by atoms with Crippen LogP contribution in [-0.2, 0) is 0 Å². The average Bonchev–Trinajstić information content (AvgIpc) is 3.27. The number of hydrogen-bond donors (Lipinski definition) is 0. The molecule has 1 saturated carbocycles. The number of amides is 1. The van der Waals surface area contributed by atoms with Crippen LogP contribution in [0.1, 0.15) is 28.8 Å². The molecule has 1 amide bonds. The van der Waals surface area contributed by atoms with Crippen molar-refractivity contribution in [3.05, 3.63) is 54.0 Å². The van der Waals surface area contributed by atoms with Crippen molar-refractivity contribution in [3.63, 3.8) is 0 Å². The molecule has 0 spiro atoms. The Hall–Kier alpha value is -2.23. The topological polar surface area (TPSA) is 46.1 Å². The molecule has 0 aliphatic heterocycles. The SMILES string of the molecule is Cc1ccc(N(C(=O)c2cccnc2)C2CC2)nc1. The molecule has 1 aliphatic carbocycles. The normalized spacial score (nSPS) is 14.2. The maximum Gasteiger partial charge on any atom is 0.261 e. The van der Waals surface area contributed by atoms with Crippen LogP contribution in [0.15, 0.2) is 42.9 Å². The first-order chi connectivity index (χ1) is 9.25. The first kappa shape index (κ1) is 11.8. The summed E-state index contributed by atoms with van der Waals surface area (Å²) in [6.07, 6.45) is 7.15. The van der Waals surface area contributed by atoms with Crippen molar-refractivity contribution in [1.82, 2.24) is 9.97 Å². The maximum absolute atomic E-state index is 12.6. The third-order valence-electron chi connectivity index (χ3n) is 3.18. The van der Waals surface area contributed by atoms with Crippen molar-refractivity contribution in [2.45, 2.75) is 25.8 Å². The van der Waals surface area contributed by atoms with Crippen molar-refractivity contribution < 1.29 is 4.79 Å². The molecule has 1 aliphatic rings. The lowest BCUT2D eigenvalue weighted by atomic mass is 10.2. The van der Waals surface area contributed by atoms with Crippen LogP contribution in [0.4, 0.5) is 5.82 Å². The molecule has 0 N–H and O–H groups in total. The quantitative estimate of drug-likeness (QED) is 0.844. The Morgan fingerprint density at radius 1 is 1.26 bits per heavy atom. The molecule has 0 unspecified atom stereocenters. The van der Waals surface area contributed by atoms with Crippen LogP contribution < -0.4 is 4.90 Å². The summed E-state index contributed by atoms with van der Waals surface area (Å²) in [5.41, 5.74) is 1.70. The van der Waals surface area contributed by atoms with E-state index in [9.17, 15) is 4.79 Å². The predicted molar refractivity (Wildman–Crippen MR) is 73.0 cm³/mol. The molecule has 96 valence electrons. The largest absolute Gasteiger partial charge is 0.290 e. The highest BCUT2D eigenvalue weighted by atomic mass is 16.2. The van der Waals surface area contributed by atoms with Gasteiger partial charge in [-0.2, -0.15) is 0 Å². The van der Waals surface area contributed by atoms with Gasteiger partial charge in [0.05, 0.1) is 5.56 Å². The molecule has 1 fully saturated rings. The highest BCUT2D eigenvalue weighted by molar-refractivity contribution is 6.06. The highest BCUT2D eigenvalue weighted by Gasteiger charge is 2.35. The van der Waals surface area contributed by atoms with Crippen LogP contribution in [0.2, 0.25) is 0 Å². The Kier molecular flexibility index (Phi) is 2.99. The Morgan fingerprint density at radius 2 is 2.11 bits per heavy atom. The molecule has 0 aromatic carbocycles. The zero-order valence-corrected chi connectivity index (χ0v) is 10.8. The number of carbonyl (C=O) groups is 1. The number of aryl methyl sites for hydroxylation is 1. The lowest BCUT2D eigenvalue weighted by Gasteiger charge is -2.21. The van der Waals surface area contributed by atoms with E-state index < -0.39 is 0 Å². The number of anilines is 1. The molecule has 0 atom stereocenters. The molecule has 0 radical (unpaired) electrons. The van der Waals surface area contributed by atoms with Gasteiger partial charge in [-0.25, -0.2) is 4.98 Å². The fraction of sp³-hybridized carbons (Fsp3) is 0.267. The summed E-state index contributed by atoms with van der Waals surface area (Å²) in [5.74, 6) is 0.703. The molecular weight excluding hydrogens is 238 g/mol. The van der Waals surface area contributed by atoms with Crippen molar-refractivity contribution in [3.8, 4) is 0 Å². The van der Waals surface area contributed by atoms with E-state index in [1.54, 1.807) is 35.6 Å². The van der Waals surface area contributed by atoms with Crippen molar-refractivity contribution in [1.29, 1.82) is 0 Å². The second-order valence-electron chi connectivity index (χ2n) is 4.84. The third kappa shape index (κ3) is 2.47. The smallest absolute Gasteiger partial charge is 0.261 e. The fourth-order valence-electron chi connectivity index (χ4n) is 2.02. The maximum atomic E-state index is 12.6. The number of pyridine rings is 2. The van der Waals surface area contributed by atoms with Crippen LogP contribution in [0, 0.1) is 6.92 Å². The minimum Gasteiger partial charge on any atom is -0.290 e. The van der Waals surface area contributed by atoms with E-state index in [1.165, 1.54) is 0 Å². The number of carbonyl (C=O) groups excluding carboxylic acids is 1. The standard InChI is InChI=1S/C15H15N3O/c1-11-4-7-14(17-9-11)18(13-5-6-13)15(19)12-3-2-8-16-10-12/h2-4,7-10,13H,5-6H2,1H3. The molecule has 19 heavy (non-hydrogen) atoms. The molecule has 0 saturated heterocycles. The van der Waals surface area contributed by atoms with Crippen LogP contribution in [-0.4, -0.2) is 21.9 Å². The van der Waals surface area contributed by atoms with Gasteiger partial charge in [0, 0.05) is 24.6 Å². The van der Waals surface area contributed by atoms with Crippen molar-refractivity contribution >= 4 is 11.7 Å². The van der Waals surface area contributed by atoms with E-state index in [1.807, 2.05) is 19.1 Å². The van der Waals surface area contributed by atoms with Gasteiger partial charge in [0.25, 0.3) is 5.91 Å². The van der Waals surface area contributed by atoms with Gasteiger partial charge in [-0.3, -0.25) is 14.7 Å². The summed E-state index contributed by atoms with van der Waals surface area (Å²) >= 11 is 0. The van der Waals surface area contributed by atoms with E-state index in [0.717, 1.165) is 24.2 Å². The van der Waals surface area contributed by atoms with Gasteiger partial charge < -0.3 is 0 Å². The molecular formula is C15H15N3O. The zero-order valence-electron chi connectivity index (χ0n) is 10.8. The van der Waals surface area contributed by atoms with Crippen LogP contribution >= 0.6 is 0 Å². The first-order valence-corrected chi connectivity index (χ1v) is 6.42. The van der Waals surface area contributed by atoms with Crippen molar-refractivity contribution in [2.24, 2.45) is 0 Å². The summed E-state index contributed by atoms with van der Waals surface area (Å²) in [4.78, 5) is 22.7. The second-order valence-corrected chi connectivity index (χ2v) is 4.84. The summed E-state index contributed by atoms with van der Waals surface area (Å²) in [6.45, 7) is 1.99. The third-order valence-corrected chi connectivity index (χ3v) is 3.18. The molecule has 4 nitrogen and oxygen atoms in total. The van der Waals surface area contributed by atoms with Gasteiger partial charge in [-0.05, 0) is 43.5 Å². The number of rotatable bonds is 3. The molecule has 3 rings (SSSR count). The number of aromatic nitrogens is 2. The molecule has 0 bridgehead atoms. The Morgan fingerprint density at radius 3 is 2.68 bits per heavy atom. The van der Waals surface area contributed by atoms with Gasteiger partial charge in [-0.1, -0.05) is 6.07 Å². The molecule has 2 aromatic heterocycles. The highest BCUT2D eigenvalue weighted by Crippen LogP contribution is 2.31. The van der Waals surface area contributed by atoms with Gasteiger partial charge in [0.15, 0.2) is 0 Å². The van der Waals surface area contributed by atoms with E-state index in [-0.39, 0.29) is 11.9 Å². The van der Waals surface area contributed by atoms with E-state index >= 15 is 0 Å². The summed E-state index contributed by atoms with van der Waals surface area (Å²) in [6, 6.07) is 7.73. The fourth-order valence-corrected chi connectivity index (χ4v) is 2.02. The lowest BCUT2D eigenvalue weighted by Crippen LogP contribution is -2.33. The second kappa shape index (κ2) is 4.80. The summed E-state index contributed by atoms with van der Waals surface area (Å²) < 4.78 is 0. The minimum atomic E-state index is -0.0213. The average molecular weight is 253 g/mol. The first-order valence-electron chi connectivity index (χ1n) is 6.42. The Balaban J connectivity index is 1.93. The summed E-state index contributed by atoms with van der Waals surface area (Å²) in [5, 5.41) is 0. The van der Waals surface area contributed by atoms with E-state index in [2.05, 4.69) is 9.97 Å². The van der Waals surface area contributed by atoms with Gasteiger partial charge in [0.2, 0.25) is 0 Å². The summed E-state index contributed by atoms with van der Waals surface area (Å²) in [7, 11) is 0. The van der Waals surface area contributed by atoms with Gasteiger partial charge >= 0.3 is 0 Å². The van der Waals surface area contributed by atoms with E-state index in [0.29, 0.717) is 5.56 Å². The molecule has 2 aromatic rings. The van der Waals surface area contributed by atoms with Gasteiger partial charge in [-0.15, -0.1) is 0 Å². The molecule has 4 heteroatoms.